The Hall–Kier alpha value is -3.34. The van der Waals surface area contributed by atoms with Gasteiger partial charge < -0.3 is 14.5 Å². The van der Waals surface area contributed by atoms with Crippen molar-refractivity contribution in [1.29, 1.82) is 0 Å². The maximum atomic E-state index is 11.9. The van der Waals surface area contributed by atoms with E-state index in [0.717, 1.165) is 11.8 Å². The maximum Gasteiger partial charge on any atom is 0.289 e. The summed E-state index contributed by atoms with van der Waals surface area (Å²) in [4.78, 5) is 17.1. The van der Waals surface area contributed by atoms with Gasteiger partial charge in [-0.2, -0.15) is 0 Å². The minimum atomic E-state index is -3.76. The molecule has 0 unspecified atom stereocenters. The number of benzene rings is 2. The molecule has 2 heterocycles. The smallest absolute Gasteiger partial charge is 0.289 e. The highest BCUT2D eigenvalue weighted by atomic mass is 32.2. The number of sulfonamides is 1. The van der Waals surface area contributed by atoms with E-state index >= 15 is 0 Å². The summed E-state index contributed by atoms with van der Waals surface area (Å²) in [6.45, 7) is 0. The van der Waals surface area contributed by atoms with Gasteiger partial charge >= 0.3 is 0 Å². The predicted octanol–water partition coefficient (Wildman–Crippen LogP) is 4.13. The Morgan fingerprint density at radius 3 is 2.61 bits per heavy atom. The number of carbonyl (C=O) groups excluding carboxylic acids is 1. The zero-order valence-corrected chi connectivity index (χ0v) is 17.9. The Morgan fingerprint density at radius 2 is 1.90 bits per heavy atom. The first-order valence-corrected chi connectivity index (χ1v) is 11.3. The van der Waals surface area contributed by atoms with Gasteiger partial charge in [0.2, 0.25) is 10.0 Å². The van der Waals surface area contributed by atoms with Crippen LogP contribution in [-0.4, -0.2) is 26.6 Å². The van der Waals surface area contributed by atoms with Crippen LogP contribution >= 0.6 is 11.8 Å². The first-order valence-electron chi connectivity index (χ1n) is 8.98. The second kappa shape index (κ2) is 8.42. The number of primary sulfonamides is 1. The van der Waals surface area contributed by atoms with Crippen LogP contribution in [0.5, 0.6) is 5.75 Å². The number of nitrogens with one attached hydrogen (secondary N) is 1. The van der Waals surface area contributed by atoms with E-state index in [4.69, 9.17) is 14.3 Å². The van der Waals surface area contributed by atoms with Crippen LogP contribution in [0.1, 0.15) is 5.76 Å². The topological polar surface area (TPSA) is 124 Å². The van der Waals surface area contributed by atoms with Gasteiger partial charge in [-0.3, -0.25) is 4.79 Å². The summed E-state index contributed by atoms with van der Waals surface area (Å²) in [6, 6.07) is 16.7. The van der Waals surface area contributed by atoms with Crippen molar-refractivity contribution in [2.45, 2.75) is 4.90 Å². The van der Waals surface area contributed by atoms with E-state index in [1.165, 1.54) is 12.1 Å². The van der Waals surface area contributed by atoms with Crippen LogP contribution in [-0.2, 0) is 10.0 Å². The van der Waals surface area contributed by atoms with Gasteiger partial charge in [0.1, 0.15) is 23.1 Å². The number of methoxy groups -OCH3 is 1. The molecule has 0 spiro atoms. The molecule has 3 aromatic rings. The van der Waals surface area contributed by atoms with E-state index in [9.17, 15) is 13.2 Å². The molecule has 1 amide bonds. The molecule has 0 atom stereocenters. The average molecular weight is 456 g/mol. The molecule has 10 heteroatoms. The number of aliphatic imine (C=N–C) groups is 1. The zero-order valence-electron chi connectivity index (χ0n) is 16.2. The second-order valence-electron chi connectivity index (χ2n) is 6.46. The fraction of sp³-hybridized carbons (Fsp3) is 0.0476. The first-order chi connectivity index (χ1) is 14.8. The first kappa shape index (κ1) is 20.9. The Labute approximate surface area is 182 Å². The Kier molecular flexibility index (Phi) is 5.68. The Balaban J connectivity index is 1.61. The van der Waals surface area contributed by atoms with Crippen molar-refractivity contribution in [3.63, 3.8) is 0 Å². The van der Waals surface area contributed by atoms with Gasteiger partial charge in [0.25, 0.3) is 5.24 Å². The summed E-state index contributed by atoms with van der Waals surface area (Å²) in [5, 5.41) is 7.61. The van der Waals surface area contributed by atoms with Gasteiger partial charge in [-0.25, -0.2) is 18.5 Å². The Bertz CT molecular complexity index is 1310. The van der Waals surface area contributed by atoms with Crippen molar-refractivity contribution < 1.29 is 22.4 Å². The minimum Gasteiger partial charge on any atom is -0.497 e. The number of carbonyl (C=O) groups is 1. The highest BCUT2D eigenvalue weighted by Gasteiger charge is 2.24. The molecular formula is C21H17N3O5S2. The van der Waals surface area contributed by atoms with Crippen molar-refractivity contribution >= 4 is 44.6 Å². The van der Waals surface area contributed by atoms with E-state index in [2.05, 4.69) is 10.3 Å². The zero-order chi connectivity index (χ0) is 22.0. The van der Waals surface area contributed by atoms with Crippen LogP contribution in [0.25, 0.3) is 17.4 Å². The van der Waals surface area contributed by atoms with Gasteiger partial charge in [0.15, 0.2) is 0 Å². The molecular weight excluding hydrogens is 438 g/mol. The highest BCUT2D eigenvalue weighted by molar-refractivity contribution is 8.18. The lowest BCUT2D eigenvalue weighted by molar-refractivity contribution is 0.265. The van der Waals surface area contributed by atoms with Crippen molar-refractivity contribution in [3.8, 4) is 17.1 Å². The molecule has 0 radical (unpaired) electrons. The lowest BCUT2D eigenvalue weighted by Crippen LogP contribution is -2.18. The molecule has 1 aromatic heterocycles. The highest BCUT2D eigenvalue weighted by Crippen LogP contribution is 2.31. The molecule has 1 aliphatic heterocycles. The monoisotopic (exact) mass is 455 g/mol. The van der Waals surface area contributed by atoms with E-state index in [1.807, 2.05) is 12.1 Å². The molecule has 158 valence electrons. The molecule has 0 saturated carbocycles. The van der Waals surface area contributed by atoms with Crippen LogP contribution in [0.2, 0.25) is 0 Å². The summed E-state index contributed by atoms with van der Waals surface area (Å²) < 4.78 is 33.8. The molecule has 8 nitrogen and oxygen atoms in total. The molecule has 1 saturated heterocycles. The van der Waals surface area contributed by atoms with Gasteiger partial charge in [0, 0.05) is 11.6 Å². The van der Waals surface area contributed by atoms with Crippen molar-refractivity contribution in [2.75, 3.05) is 7.11 Å². The summed E-state index contributed by atoms with van der Waals surface area (Å²) >= 11 is 1.02. The van der Waals surface area contributed by atoms with E-state index in [-0.39, 0.29) is 10.1 Å². The van der Waals surface area contributed by atoms with E-state index < -0.39 is 10.0 Å². The molecule has 31 heavy (non-hydrogen) atoms. The number of furan rings is 1. The molecule has 4 rings (SSSR count). The standard InChI is InChI=1S/C21H17N3O5S2/c1-28-15-4-2-3-14(11-15)23-20-19(30-21(25)24-20)12-16-7-10-18(29-16)13-5-8-17(9-6-13)31(22,26)27/h2-12H,1H3,(H2,22,26,27)(H,23,24,25)/b19-12+. The van der Waals surface area contributed by atoms with Crippen LogP contribution in [0.3, 0.4) is 0 Å². The summed E-state index contributed by atoms with van der Waals surface area (Å²) in [5.74, 6) is 2.14. The van der Waals surface area contributed by atoms with Crippen LogP contribution < -0.4 is 15.2 Å². The average Bonchev–Trinajstić information content (AvgIpc) is 3.34. The van der Waals surface area contributed by atoms with Crippen LogP contribution in [0.15, 0.2) is 79.9 Å². The van der Waals surface area contributed by atoms with Crippen molar-refractivity contribution in [2.24, 2.45) is 10.1 Å². The summed E-state index contributed by atoms with van der Waals surface area (Å²) in [5.41, 5.74) is 1.33. The predicted molar refractivity (Wildman–Crippen MR) is 120 cm³/mol. The summed E-state index contributed by atoms with van der Waals surface area (Å²) in [7, 11) is -2.19. The van der Waals surface area contributed by atoms with Gasteiger partial charge in [-0.05, 0) is 66.4 Å². The Morgan fingerprint density at radius 1 is 1.13 bits per heavy atom. The number of hydrogen-bond donors (Lipinski definition) is 2. The molecule has 2 aromatic carbocycles. The SMILES string of the molecule is COc1cccc(N=C2NC(=O)S/C2=C/c2ccc(-c3ccc(S(N)(=O)=O)cc3)o2)c1. The number of rotatable bonds is 5. The maximum absolute atomic E-state index is 11.9. The molecule has 0 aliphatic carbocycles. The minimum absolute atomic E-state index is 0.0236. The lowest BCUT2D eigenvalue weighted by atomic mass is 10.2. The van der Waals surface area contributed by atoms with Crippen molar-refractivity contribution in [1.82, 2.24) is 5.32 Å². The van der Waals surface area contributed by atoms with Gasteiger partial charge in [0.05, 0.1) is 22.6 Å². The van der Waals surface area contributed by atoms with Gasteiger partial charge in [-0.15, -0.1) is 0 Å². The van der Waals surface area contributed by atoms with Gasteiger partial charge in [-0.1, -0.05) is 6.07 Å². The number of hydrogen-bond acceptors (Lipinski definition) is 7. The molecule has 3 N–H and O–H groups in total. The van der Waals surface area contributed by atoms with Crippen molar-refractivity contribution in [3.05, 3.63) is 71.3 Å². The fourth-order valence-electron chi connectivity index (χ4n) is 2.85. The third-order valence-electron chi connectivity index (χ3n) is 4.32. The number of amides is 1. The van der Waals surface area contributed by atoms with Crippen LogP contribution in [0, 0.1) is 0 Å². The van der Waals surface area contributed by atoms with Crippen LogP contribution in [0.4, 0.5) is 10.5 Å². The number of ether oxygens (including phenoxy) is 1. The number of nitrogens with zero attached hydrogens (tertiary/aromatic N) is 1. The summed E-state index contributed by atoms with van der Waals surface area (Å²) in [6.07, 6.45) is 1.71. The third-order valence-corrected chi connectivity index (χ3v) is 6.07. The lowest BCUT2D eigenvalue weighted by Gasteiger charge is -2.02. The third kappa shape index (κ3) is 4.88. The number of amidine groups is 1. The van der Waals surface area contributed by atoms with E-state index in [0.29, 0.717) is 39.3 Å². The molecule has 1 fully saturated rings. The number of nitrogens with two attached hydrogens (primary N) is 1. The number of thioether (sulfide) groups is 1. The second-order valence-corrected chi connectivity index (χ2v) is 9.03. The largest absolute Gasteiger partial charge is 0.497 e. The quantitative estimate of drug-likeness (QED) is 0.596. The van der Waals surface area contributed by atoms with E-state index in [1.54, 1.807) is 49.6 Å². The molecule has 1 aliphatic rings. The fourth-order valence-corrected chi connectivity index (χ4v) is 4.08. The normalized spacial score (nSPS) is 16.6. The molecule has 0 bridgehead atoms.